The maximum Gasteiger partial charge on any atom is 0.0479 e. The number of para-hydroxylation sites is 1. The molecule has 14 heavy (non-hydrogen) atoms. The van der Waals surface area contributed by atoms with Gasteiger partial charge in [0.15, 0.2) is 0 Å². The van der Waals surface area contributed by atoms with Crippen molar-refractivity contribution >= 4 is 23.0 Å². The van der Waals surface area contributed by atoms with Crippen LogP contribution in [-0.2, 0) is 0 Å². The van der Waals surface area contributed by atoms with E-state index in [1.807, 2.05) is 36.4 Å². The Labute approximate surface area is 88.3 Å². The van der Waals surface area contributed by atoms with E-state index in [9.17, 15) is 0 Å². The Kier molecular flexibility index (Phi) is 2.70. The molecule has 1 radical (unpaired) electrons. The third-order valence-electron chi connectivity index (χ3n) is 1.82. The second kappa shape index (κ2) is 4.16. The molecule has 0 bridgehead atoms. The molecule has 2 rings (SSSR count). The fraction of sp³-hybridized carbons (Fsp3) is 0. The highest BCUT2D eigenvalue weighted by atomic mass is 35.5. The summed E-state index contributed by atoms with van der Waals surface area (Å²) < 4.78 is 0. The molecular weight excluding hydrogens is 194 g/mol. The summed E-state index contributed by atoms with van der Waals surface area (Å²) in [6.07, 6.45) is 0. The number of benzene rings is 2. The lowest BCUT2D eigenvalue weighted by molar-refractivity contribution is 1.54. The average molecular weight is 203 g/mol. The first-order chi connectivity index (χ1) is 6.84. The first kappa shape index (κ1) is 9.10. The minimum absolute atomic E-state index is 0.710. The van der Waals surface area contributed by atoms with Crippen molar-refractivity contribution in [3.05, 3.63) is 59.6 Å². The minimum atomic E-state index is 0.710. The first-order valence-electron chi connectivity index (χ1n) is 4.34. The topological polar surface area (TPSA) is 12.0 Å². The fourth-order valence-electron chi connectivity index (χ4n) is 1.19. The van der Waals surface area contributed by atoms with Crippen LogP contribution in [0.15, 0.2) is 48.5 Å². The molecule has 0 amide bonds. The molecule has 0 saturated carbocycles. The van der Waals surface area contributed by atoms with Gasteiger partial charge in [0.2, 0.25) is 0 Å². The number of hydrogen-bond acceptors (Lipinski definition) is 1. The van der Waals surface area contributed by atoms with Gasteiger partial charge >= 0.3 is 0 Å². The molecule has 0 atom stereocenters. The monoisotopic (exact) mass is 202 g/mol. The second-order valence-corrected chi connectivity index (χ2v) is 3.35. The molecule has 0 aliphatic rings. The van der Waals surface area contributed by atoms with E-state index in [1.165, 1.54) is 0 Å². The van der Waals surface area contributed by atoms with Crippen LogP contribution in [-0.4, -0.2) is 0 Å². The van der Waals surface area contributed by atoms with Crippen LogP contribution < -0.4 is 5.32 Å². The zero-order valence-electron chi connectivity index (χ0n) is 7.50. The SMILES string of the molecule is Clc1cc[c]c(Nc2ccccc2)c1. The quantitative estimate of drug-likeness (QED) is 0.779. The van der Waals surface area contributed by atoms with E-state index in [4.69, 9.17) is 11.6 Å². The van der Waals surface area contributed by atoms with E-state index in [0.717, 1.165) is 11.4 Å². The molecule has 1 nitrogen and oxygen atoms in total. The van der Waals surface area contributed by atoms with E-state index in [-0.39, 0.29) is 0 Å². The van der Waals surface area contributed by atoms with Gasteiger partial charge in [0.05, 0.1) is 0 Å². The van der Waals surface area contributed by atoms with Crippen molar-refractivity contribution in [3.63, 3.8) is 0 Å². The normalized spacial score (nSPS) is 9.79. The zero-order valence-corrected chi connectivity index (χ0v) is 8.25. The molecule has 0 fully saturated rings. The first-order valence-corrected chi connectivity index (χ1v) is 4.72. The molecule has 69 valence electrons. The smallest absolute Gasteiger partial charge is 0.0479 e. The van der Waals surface area contributed by atoms with Gasteiger partial charge in [-0.25, -0.2) is 0 Å². The molecule has 0 spiro atoms. The number of hydrogen-bond donors (Lipinski definition) is 1. The summed E-state index contributed by atoms with van der Waals surface area (Å²) in [4.78, 5) is 0. The molecule has 0 heterocycles. The molecule has 2 aromatic carbocycles. The van der Waals surface area contributed by atoms with Gasteiger partial charge in [0.25, 0.3) is 0 Å². The van der Waals surface area contributed by atoms with Gasteiger partial charge in [-0.05, 0) is 24.3 Å². The van der Waals surface area contributed by atoms with Crippen LogP contribution in [0.1, 0.15) is 0 Å². The molecule has 2 heteroatoms. The lowest BCUT2D eigenvalue weighted by Gasteiger charge is -2.05. The maximum absolute atomic E-state index is 5.85. The molecule has 0 saturated heterocycles. The molecule has 0 aliphatic carbocycles. The third-order valence-corrected chi connectivity index (χ3v) is 2.05. The standard InChI is InChI=1S/C12H9ClN/c13-10-5-4-8-12(9-10)14-11-6-2-1-3-7-11/h1-7,9,14H. The van der Waals surface area contributed by atoms with E-state index in [2.05, 4.69) is 11.4 Å². The van der Waals surface area contributed by atoms with E-state index >= 15 is 0 Å². The highest BCUT2D eigenvalue weighted by Gasteiger charge is 1.94. The van der Waals surface area contributed by atoms with Gasteiger partial charge in [-0.1, -0.05) is 35.9 Å². The Hall–Kier alpha value is -1.47. The summed E-state index contributed by atoms with van der Waals surface area (Å²) in [5.74, 6) is 0. The highest BCUT2D eigenvalue weighted by molar-refractivity contribution is 6.30. The Morgan fingerprint density at radius 2 is 1.86 bits per heavy atom. The van der Waals surface area contributed by atoms with Crippen LogP contribution in [0.25, 0.3) is 0 Å². The van der Waals surface area contributed by atoms with Crippen molar-refractivity contribution in [1.29, 1.82) is 0 Å². The van der Waals surface area contributed by atoms with E-state index < -0.39 is 0 Å². The maximum atomic E-state index is 5.85. The number of halogens is 1. The van der Waals surface area contributed by atoms with Crippen molar-refractivity contribution in [2.45, 2.75) is 0 Å². The van der Waals surface area contributed by atoms with Crippen molar-refractivity contribution in [2.24, 2.45) is 0 Å². The Balaban J connectivity index is 2.19. The fourth-order valence-corrected chi connectivity index (χ4v) is 1.36. The minimum Gasteiger partial charge on any atom is -0.355 e. The third kappa shape index (κ3) is 2.27. The van der Waals surface area contributed by atoms with Crippen LogP contribution in [0.5, 0.6) is 0 Å². The van der Waals surface area contributed by atoms with E-state index in [1.54, 1.807) is 12.1 Å². The van der Waals surface area contributed by atoms with Gasteiger partial charge in [0.1, 0.15) is 0 Å². The van der Waals surface area contributed by atoms with Crippen LogP contribution in [0, 0.1) is 6.07 Å². The van der Waals surface area contributed by atoms with Gasteiger partial charge in [-0.2, -0.15) is 0 Å². The largest absolute Gasteiger partial charge is 0.355 e. The zero-order chi connectivity index (χ0) is 9.80. The van der Waals surface area contributed by atoms with E-state index in [0.29, 0.717) is 5.02 Å². The lowest BCUT2D eigenvalue weighted by Crippen LogP contribution is -1.88. The van der Waals surface area contributed by atoms with Gasteiger partial charge in [-0.15, -0.1) is 0 Å². The van der Waals surface area contributed by atoms with Crippen LogP contribution in [0.4, 0.5) is 11.4 Å². The summed E-state index contributed by atoms with van der Waals surface area (Å²) in [5.41, 5.74) is 1.91. The number of nitrogens with one attached hydrogen (secondary N) is 1. The van der Waals surface area contributed by atoms with Crippen molar-refractivity contribution in [2.75, 3.05) is 5.32 Å². The highest BCUT2D eigenvalue weighted by Crippen LogP contribution is 2.18. The summed E-state index contributed by atoms with van der Waals surface area (Å²) >= 11 is 5.85. The lowest BCUT2D eigenvalue weighted by atomic mass is 10.3. The molecule has 2 aromatic rings. The summed E-state index contributed by atoms with van der Waals surface area (Å²) in [6, 6.07) is 18.4. The number of rotatable bonds is 2. The molecular formula is C12H9ClN. The predicted molar refractivity (Wildman–Crippen MR) is 60.0 cm³/mol. The Morgan fingerprint density at radius 3 is 2.57 bits per heavy atom. The van der Waals surface area contributed by atoms with Crippen molar-refractivity contribution in [1.82, 2.24) is 0 Å². The summed E-state index contributed by atoms with van der Waals surface area (Å²) in [5, 5.41) is 3.92. The summed E-state index contributed by atoms with van der Waals surface area (Å²) in [7, 11) is 0. The molecule has 0 aliphatic heterocycles. The average Bonchev–Trinajstić information content (AvgIpc) is 2.19. The van der Waals surface area contributed by atoms with Gasteiger partial charge in [-0.3, -0.25) is 0 Å². The van der Waals surface area contributed by atoms with Gasteiger partial charge < -0.3 is 5.32 Å². The van der Waals surface area contributed by atoms with Crippen LogP contribution >= 0.6 is 11.6 Å². The Bertz CT molecular complexity index is 412. The van der Waals surface area contributed by atoms with Crippen LogP contribution in [0.2, 0.25) is 5.02 Å². The molecule has 0 unspecified atom stereocenters. The second-order valence-electron chi connectivity index (χ2n) is 2.91. The Morgan fingerprint density at radius 1 is 1.07 bits per heavy atom. The van der Waals surface area contributed by atoms with Crippen molar-refractivity contribution < 1.29 is 0 Å². The molecule has 0 aromatic heterocycles. The number of anilines is 2. The molecule has 1 N–H and O–H groups in total. The predicted octanol–water partition coefficient (Wildman–Crippen LogP) is 3.88. The van der Waals surface area contributed by atoms with Crippen molar-refractivity contribution in [3.8, 4) is 0 Å². The summed E-state index contributed by atoms with van der Waals surface area (Å²) in [6.45, 7) is 0. The van der Waals surface area contributed by atoms with Crippen LogP contribution in [0.3, 0.4) is 0 Å². The van der Waals surface area contributed by atoms with Gasteiger partial charge in [0, 0.05) is 22.5 Å².